The van der Waals surface area contributed by atoms with Crippen LogP contribution in [0.3, 0.4) is 0 Å². The monoisotopic (exact) mass is 474 g/mol. The van der Waals surface area contributed by atoms with Gasteiger partial charge in [0.05, 0.1) is 0 Å². The third-order valence-corrected chi connectivity index (χ3v) is 6.61. The van der Waals surface area contributed by atoms with Gasteiger partial charge in [0.1, 0.15) is 12.3 Å². The topological polar surface area (TPSA) is 123 Å². The molecule has 1 atom stereocenters. The van der Waals surface area contributed by atoms with Crippen LogP contribution >= 0.6 is 0 Å². The molecule has 180 valence electrons. The van der Waals surface area contributed by atoms with Crippen LogP contribution in [0.2, 0.25) is 0 Å². The Morgan fingerprint density at radius 2 is 1.71 bits per heavy atom. The van der Waals surface area contributed by atoms with Crippen molar-refractivity contribution in [3.05, 3.63) is 71.4 Å². The number of ether oxygens (including phenoxy) is 1. The highest BCUT2D eigenvalue weighted by molar-refractivity contribution is 5.93. The first-order valence-corrected chi connectivity index (χ1v) is 11.6. The molecule has 9 nitrogen and oxygen atoms in total. The van der Waals surface area contributed by atoms with Gasteiger partial charge in [-0.2, -0.15) is 5.10 Å². The van der Waals surface area contributed by atoms with Crippen molar-refractivity contribution in [1.82, 2.24) is 15.1 Å². The molecular formula is C26H26N4O5. The van der Waals surface area contributed by atoms with Crippen molar-refractivity contribution in [2.24, 2.45) is 13.0 Å². The minimum atomic E-state index is -1.13. The van der Waals surface area contributed by atoms with Crippen LogP contribution in [0.1, 0.15) is 46.8 Å². The van der Waals surface area contributed by atoms with E-state index in [1.54, 1.807) is 0 Å². The van der Waals surface area contributed by atoms with Crippen molar-refractivity contribution < 1.29 is 24.2 Å². The number of fused-ring (bicyclic) bond motifs is 3. The van der Waals surface area contributed by atoms with Gasteiger partial charge in [0.25, 0.3) is 0 Å². The SMILES string of the molecule is Cn1nc(NC(=O)CC(NC(=O)OCC2c3ccccc3-c3ccccc32)C2CC2)cc1C(=O)O. The lowest BCUT2D eigenvalue weighted by atomic mass is 9.98. The molecule has 2 aliphatic rings. The number of carbonyl (C=O) groups excluding carboxylic acids is 2. The Morgan fingerprint density at radius 1 is 1.09 bits per heavy atom. The van der Waals surface area contributed by atoms with E-state index in [-0.39, 0.29) is 48.3 Å². The largest absolute Gasteiger partial charge is 0.477 e. The Balaban J connectivity index is 1.19. The molecule has 1 fully saturated rings. The molecule has 2 amide bonds. The second kappa shape index (κ2) is 9.25. The lowest BCUT2D eigenvalue weighted by Crippen LogP contribution is -2.40. The molecule has 35 heavy (non-hydrogen) atoms. The molecule has 3 N–H and O–H groups in total. The summed E-state index contributed by atoms with van der Waals surface area (Å²) in [5.74, 6) is -1.15. The molecule has 0 bridgehead atoms. The minimum Gasteiger partial charge on any atom is -0.477 e. The highest BCUT2D eigenvalue weighted by Crippen LogP contribution is 2.44. The minimum absolute atomic E-state index is 0.0317. The number of aromatic carboxylic acids is 1. The molecule has 1 aromatic heterocycles. The van der Waals surface area contributed by atoms with Gasteiger partial charge in [0, 0.05) is 31.5 Å². The lowest BCUT2D eigenvalue weighted by molar-refractivity contribution is -0.116. The van der Waals surface area contributed by atoms with Crippen LogP contribution in [-0.4, -0.2) is 45.5 Å². The molecule has 2 aliphatic carbocycles. The summed E-state index contributed by atoms with van der Waals surface area (Å²) in [6.45, 7) is 0.204. The van der Waals surface area contributed by atoms with Crippen LogP contribution in [0, 0.1) is 5.92 Å². The maximum absolute atomic E-state index is 12.7. The second-order valence-corrected chi connectivity index (χ2v) is 9.01. The van der Waals surface area contributed by atoms with Gasteiger partial charge in [-0.15, -0.1) is 0 Å². The highest BCUT2D eigenvalue weighted by Gasteiger charge is 2.35. The number of amides is 2. The first-order valence-electron chi connectivity index (χ1n) is 11.6. The van der Waals surface area contributed by atoms with Crippen LogP contribution in [0.4, 0.5) is 10.6 Å². The Bertz CT molecular complexity index is 1250. The van der Waals surface area contributed by atoms with E-state index in [1.807, 2.05) is 24.3 Å². The summed E-state index contributed by atoms with van der Waals surface area (Å²) in [4.78, 5) is 36.4. The van der Waals surface area contributed by atoms with E-state index in [0.29, 0.717) is 0 Å². The Kier molecular flexibility index (Phi) is 5.98. The van der Waals surface area contributed by atoms with Gasteiger partial charge in [0.15, 0.2) is 5.82 Å². The smallest absolute Gasteiger partial charge is 0.407 e. The van der Waals surface area contributed by atoms with Gasteiger partial charge >= 0.3 is 12.1 Å². The van der Waals surface area contributed by atoms with Gasteiger partial charge in [-0.3, -0.25) is 9.48 Å². The summed E-state index contributed by atoms with van der Waals surface area (Å²) >= 11 is 0. The summed E-state index contributed by atoms with van der Waals surface area (Å²) in [6, 6.07) is 17.2. The average Bonchev–Trinajstić information content (AvgIpc) is 3.55. The number of carboxylic acid groups (broad SMARTS) is 1. The molecule has 0 saturated heterocycles. The van der Waals surface area contributed by atoms with E-state index in [9.17, 15) is 14.4 Å². The Hall–Kier alpha value is -4.14. The van der Waals surface area contributed by atoms with Crippen molar-refractivity contribution in [3.63, 3.8) is 0 Å². The summed E-state index contributed by atoms with van der Waals surface area (Å²) in [5, 5.41) is 18.6. The van der Waals surface area contributed by atoms with Crippen molar-refractivity contribution in [1.29, 1.82) is 0 Å². The fourth-order valence-corrected chi connectivity index (χ4v) is 4.75. The second-order valence-electron chi connectivity index (χ2n) is 9.01. The molecule has 1 heterocycles. The first-order chi connectivity index (χ1) is 16.9. The molecule has 1 saturated carbocycles. The number of rotatable bonds is 8. The van der Waals surface area contributed by atoms with Gasteiger partial charge in [0.2, 0.25) is 5.91 Å². The van der Waals surface area contributed by atoms with E-state index < -0.39 is 12.1 Å². The van der Waals surface area contributed by atoms with Gasteiger partial charge < -0.3 is 20.5 Å². The predicted molar refractivity (Wildman–Crippen MR) is 128 cm³/mol. The van der Waals surface area contributed by atoms with E-state index >= 15 is 0 Å². The fraction of sp³-hybridized carbons (Fsp3) is 0.308. The predicted octanol–water partition coefficient (Wildman–Crippen LogP) is 3.76. The molecular weight excluding hydrogens is 448 g/mol. The van der Waals surface area contributed by atoms with E-state index in [0.717, 1.165) is 35.1 Å². The molecule has 3 aromatic rings. The molecule has 9 heteroatoms. The number of hydrogen-bond donors (Lipinski definition) is 3. The van der Waals surface area contributed by atoms with E-state index in [2.05, 4.69) is 40.0 Å². The number of anilines is 1. The molecule has 1 unspecified atom stereocenters. The van der Waals surface area contributed by atoms with Crippen molar-refractivity contribution in [2.45, 2.75) is 31.2 Å². The quantitative estimate of drug-likeness (QED) is 0.457. The zero-order chi connectivity index (χ0) is 24.5. The van der Waals surface area contributed by atoms with Crippen LogP contribution in [0.5, 0.6) is 0 Å². The number of benzene rings is 2. The maximum Gasteiger partial charge on any atom is 0.407 e. The van der Waals surface area contributed by atoms with Gasteiger partial charge in [-0.1, -0.05) is 48.5 Å². The number of carbonyl (C=O) groups is 3. The highest BCUT2D eigenvalue weighted by atomic mass is 16.5. The number of aryl methyl sites for hydroxylation is 1. The summed E-state index contributed by atoms with van der Waals surface area (Å²) in [7, 11) is 1.49. The zero-order valence-electron chi connectivity index (χ0n) is 19.2. The van der Waals surface area contributed by atoms with E-state index in [1.165, 1.54) is 17.8 Å². The number of alkyl carbamates (subject to hydrolysis) is 1. The summed E-state index contributed by atoms with van der Waals surface area (Å²) in [5.41, 5.74) is 4.55. The third kappa shape index (κ3) is 4.75. The summed E-state index contributed by atoms with van der Waals surface area (Å²) < 4.78 is 6.82. The van der Waals surface area contributed by atoms with Crippen LogP contribution in [0.15, 0.2) is 54.6 Å². The molecule has 2 aromatic carbocycles. The lowest BCUT2D eigenvalue weighted by Gasteiger charge is -2.19. The van der Waals surface area contributed by atoms with Crippen molar-refractivity contribution in [2.75, 3.05) is 11.9 Å². The van der Waals surface area contributed by atoms with Gasteiger partial charge in [-0.25, -0.2) is 9.59 Å². The standard InChI is InChI=1S/C26H26N4O5/c1-30-22(25(32)33)13-23(29-30)28-24(31)12-21(15-10-11-15)27-26(34)35-14-20-18-8-4-2-6-16(18)17-7-3-5-9-19(17)20/h2-9,13,15,20-21H,10-12,14H2,1H3,(H,27,34)(H,32,33)(H,28,29,31). The average molecular weight is 475 g/mol. The van der Waals surface area contributed by atoms with Crippen LogP contribution in [-0.2, 0) is 16.6 Å². The molecule has 0 radical (unpaired) electrons. The summed E-state index contributed by atoms with van der Waals surface area (Å²) in [6.07, 6.45) is 1.35. The Labute approximate surface area is 202 Å². The molecule has 0 aliphatic heterocycles. The van der Waals surface area contributed by atoms with Crippen molar-refractivity contribution >= 4 is 23.8 Å². The maximum atomic E-state index is 12.7. The van der Waals surface area contributed by atoms with Crippen LogP contribution in [0.25, 0.3) is 11.1 Å². The van der Waals surface area contributed by atoms with E-state index in [4.69, 9.17) is 9.84 Å². The van der Waals surface area contributed by atoms with Crippen molar-refractivity contribution in [3.8, 4) is 11.1 Å². The third-order valence-electron chi connectivity index (χ3n) is 6.61. The van der Waals surface area contributed by atoms with Crippen LogP contribution < -0.4 is 10.6 Å². The first kappa shape index (κ1) is 22.6. The number of carboxylic acids is 1. The molecule has 5 rings (SSSR count). The number of nitrogens with zero attached hydrogens (tertiary/aromatic N) is 2. The zero-order valence-corrected chi connectivity index (χ0v) is 19.2. The Morgan fingerprint density at radius 3 is 2.29 bits per heavy atom. The number of hydrogen-bond acceptors (Lipinski definition) is 5. The van der Waals surface area contributed by atoms with Gasteiger partial charge in [-0.05, 0) is 41.0 Å². The number of nitrogens with one attached hydrogen (secondary N) is 2. The fourth-order valence-electron chi connectivity index (χ4n) is 4.75. The normalized spacial score (nSPS) is 15.1. The molecule has 0 spiro atoms. The number of aromatic nitrogens is 2.